The molecule has 0 spiro atoms. The fourth-order valence-electron chi connectivity index (χ4n) is 2.72. The molecule has 0 heterocycles. The molecule has 0 saturated heterocycles. The summed E-state index contributed by atoms with van der Waals surface area (Å²) in [4.78, 5) is 0. The Labute approximate surface area is 93.8 Å². The van der Waals surface area contributed by atoms with E-state index in [0.29, 0.717) is 0 Å². The Morgan fingerprint density at radius 1 is 1.20 bits per heavy atom. The van der Waals surface area contributed by atoms with Gasteiger partial charge in [-0.05, 0) is 37.6 Å². The predicted octanol–water partition coefficient (Wildman–Crippen LogP) is 2.44. The van der Waals surface area contributed by atoms with Crippen LogP contribution in [0.4, 0.5) is 0 Å². The summed E-state index contributed by atoms with van der Waals surface area (Å²) in [7, 11) is 2.06. The molecule has 0 radical (unpaired) electrons. The van der Waals surface area contributed by atoms with Gasteiger partial charge in [-0.1, -0.05) is 25.7 Å². The second-order valence-electron chi connectivity index (χ2n) is 5.34. The van der Waals surface area contributed by atoms with Crippen molar-refractivity contribution < 1.29 is 4.74 Å². The van der Waals surface area contributed by atoms with Gasteiger partial charge >= 0.3 is 0 Å². The number of nitrogens with one attached hydrogen (secondary N) is 1. The van der Waals surface area contributed by atoms with Crippen molar-refractivity contribution in [1.29, 1.82) is 0 Å². The van der Waals surface area contributed by atoms with Crippen LogP contribution in [0.5, 0.6) is 0 Å². The number of hydrogen-bond donors (Lipinski definition) is 1. The molecule has 88 valence electrons. The molecule has 0 aromatic heterocycles. The van der Waals surface area contributed by atoms with E-state index in [0.717, 1.165) is 37.5 Å². The lowest BCUT2D eigenvalue weighted by Gasteiger charge is -2.23. The lowest BCUT2D eigenvalue weighted by atomic mass is 9.91. The van der Waals surface area contributed by atoms with E-state index in [1.54, 1.807) is 0 Å². The largest absolute Gasteiger partial charge is 0.381 e. The van der Waals surface area contributed by atoms with Gasteiger partial charge < -0.3 is 10.1 Å². The van der Waals surface area contributed by atoms with Crippen LogP contribution in [0.25, 0.3) is 0 Å². The molecule has 2 aliphatic rings. The van der Waals surface area contributed by atoms with Crippen molar-refractivity contribution in [2.75, 3.05) is 26.8 Å². The number of rotatable bonds is 7. The summed E-state index contributed by atoms with van der Waals surface area (Å²) >= 11 is 0. The molecule has 0 aliphatic heterocycles. The summed E-state index contributed by atoms with van der Waals surface area (Å²) in [5.74, 6) is 2.59. The molecule has 2 nitrogen and oxygen atoms in total. The van der Waals surface area contributed by atoms with Gasteiger partial charge in [0.05, 0.1) is 6.61 Å². The first-order valence-electron chi connectivity index (χ1n) is 6.62. The zero-order valence-corrected chi connectivity index (χ0v) is 10.0. The maximum absolute atomic E-state index is 5.84. The van der Waals surface area contributed by atoms with Gasteiger partial charge in [-0.15, -0.1) is 0 Å². The average Bonchev–Trinajstić information content (AvgIpc) is 2.91. The van der Waals surface area contributed by atoms with Gasteiger partial charge in [0.25, 0.3) is 0 Å². The van der Waals surface area contributed by atoms with E-state index in [9.17, 15) is 0 Å². The quantitative estimate of drug-likeness (QED) is 0.698. The Morgan fingerprint density at radius 3 is 2.53 bits per heavy atom. The Balaban J connectivity index is 1.66. The molecule has 0 aromatic carbocycles. The maximum atomic E-state index is 5.84. The molecule has 1 N–H and O–H groups in total. The van der Waals surface area contributed by atoms with Gasteiger partial charge in [0, 0.05) is 13.2 Å². The standard InChI is InChI=1S/C13H25NO/c1-14-8-13(12-4-2-3-5-12)10-15-9-11-6-7-11/h11-14H,2-10H2,1H3. The maximum Gasteiger partial charge on any atom is 0.0509 e. The number of hydrogen-bond acceptors (Lipinski definition) is 2. The lowest BCUT2D eigenvalue weighted by molar-refractivity contribution is 0.0711. The van der Waals surface area contributed by atoms with Crippen LogP contribution >= 0.6 is 0 Å². The molecule has 0 amide bonds. The Morgan fingerprint density at radius 2 is 1.93 bits per heavy atom. The van der Waals surface area contributed by atoms with Crippen molar-refractivity contribution >= 4 is 0 Å². The van der Waals surface area contributed by atoms with E-state index in [2.05, 4.69) is 12.4 Å². The van der Waals surface area contributed by atoms with Crippen LogP contribution in [0.1, 0.15) is 38.5 Å². The molecule has 1 atom stereocenters. The van der Waals surface area contributed by atoms with Gasteiger partial charge in [-0.2, -0.15) is 0 Å². The average molecular weight is 211 g/mol. The highest BCUT2D eigenvalue weighted by Crippen LogP contribution is 2.32. The van der Waals surface area contributed by atoms with Crippen LogP contribution in [0.15, 0.2) is 0 Å². The molecule has 0 aromatic rings. The van der Waals surface area contributed by atoms with Crippen molar-refractivity contribution in [3.63, 3.8) is 0 Å². The highest BCUT2D eigenvalue weighted by atomic mass is 16.5. The smallest absolute Gasteiger partial charge is 0.0509 e. The SMILES string of the molecule is CNCC(COCC1CC1)C1CCCC1. The fourth-order valence-corrected chi connectivity index (χ4v) is 2.72. The normalized spacial score (nSPS) is 24.6. The van der Waals surface area contributed by atoms with Crippen molar-refractivity contribution in [1.82, 2.24) is 5.32 Å². The minimum atomic E-state index is 0.760. The Kier molecular flexibility index (Phi) is 4.45. The zero-order valence-electron chi connectivity index (χ0n) is 10.0. The monoisotopic (exact) mass is 211 g/mol. The number of ether oxygens (including phenoxy) is 1. The van der Waals surface area contributed by atoms with Crippen LogP contribution in [-0.4, -0.2) is 26.8 Å². The molecule has 1 unspecified atom stereocenters. The third-order valence-electron chi connectivity index (χ3n) is 3.92. The molecular weight excluding hydrogens is 186 g/mol. The van der Waals surface area contributed by atoms with Gasteiger partial charge in [0.2, 0.25) is 0 Å². The Hall–Kier alpha value is -0.0800. The zero-order chi connectivity index (χ0) is 10.5. The van der Waals surface area contributed by atoms with Crippen LogP contribution in [0.2, 0.25) is 0 Å². The third-order valence-corrected chi connectivity index (χ3v) is 3.92. The summed E-state index contributed by atoms with van der Waals surface area (Å²) in [6.45, 7) is 3.14. The summed E-state index contributed by atoms with van der Waals surface area (Å²) in [5.41, 5.74) is 0. The summed E-state index contributed by atoms with van der Waals surface area (Å²) < 4.78 is 5.84. The first-order chi connectivity index (χ1) is 7.40. The van der Waals surface area contributed by atoms with E-state index < -0.39 is 0 Å². The van der Waals surface area contributed by atoms with Crippen molar-refractivity contribution in [2.45, 2.75) is 38.5 Å². The molecule has 2 rings (SSSR count). The van der Waals surface area contributed by atoms with Crippen molar-refractivity contribution in [3.05, 3.63) is 0 Å². The van der Waals surface area contributed by atoms with Crippen LogP contribution in [0, 0.1) is 17.8 Å². The van der Waals surface area contributed by atoms with E-state index in [1.807, 2.05) is 0 Å². The van der Waals surface area contributed by atoms with E-state index in [-0.39, 0.29) is 0 Å². The topological polar surface area (TPSA) is 21.3 Å². The molecule has 15 heavy (non-hydrogen) atoms. The fraction of sp³-hybridized carbons (Fsp3) is 1.00. The van der Waals surface area contributed by atoms with Crippen LogP contribution in [0.3, 0.4) is 0 Å². The summed E-state index contributed by atoms with van der Waals surface area (Å²) in [6, 6.07) is 0. The summed E-state index contributed by atoms with van der Waals surface area (Å²) in [5, 5.41) is 3.32. The third kappa shape index (κ3) is 3.76. The highest BCUT2D eigenvalue weighted by molar-refractivity contribution is 4.77. The predicted molar refractivity (Wildman–Crippen MR) is 62.9 cm³/mol. The van der Waals surface area contributed by atoms with Gasteiger partial charge in [0.1, 0.15) is 0 Å². The van der Waals surface area contributed by atoms with E-state index >= 15 is 0 Å². The van der Waals surface area contributed by atoms with Gasteiger partial charge in [-0.25, -0.2) is 0 Å². The molecule has 2 saturated carbocycles. The minimum absolute atomic E-state index is 0.760. The van der Waals surface area contributed by atoms with E-state index in [1.165, 1.54) is 38.5 Å². The second kappa shape index (κ2) is 5.86. The first-order valence-corrected chi connectivity index (χ1v) is 6.62. The molecule has 0 bridgehead atoms. The first kappa shape index (κ1) is 11.4. The van der Waals surface area contributed by atoms with Crippen molar-refractivity contribution in [2.24, 2.45) is 17.8 Å². The van der Waals surface area contributed by atoms with Crippen LogP contribution < -0.4 is 5.32 Å². The Bertz CT molecular complexity index is 173. The second-order valence-corrected chi connectivity index (χ2v) is 5.34. The van der Waals surface area contributed by atoms with Crippen LogP contribution in [-0.2, 0) is 4.74 Å². The van der Waals surface area contributed by atoms with E-state index in [4.69, 9.17) is 4.74 Å². The van der Waals surface area contributed by atoms with Crippen molar-refractivity contribution in [3.8, 4) is 0 Å². The minimum Gasteiger partial charge on any atom is -0.381 e. The van der Waals surface area contributed by atoms with Gasteiger partial charge in [-0.3, -0.25) is 0 Å². The molecule has 2 heteroatoms. The molecule has 2 fully saturated rings. The summed E-state index contributed by atoms with van der Waals surface area (Å²) in [6.07, 6.45) is 8.54. The lowest BCUT2D eigenvalue weighted by Crippen LogP contribution is -2.29. The molecular formula is C13H25NO. The van der Waals surface area contributed by atoms with Gasteiger partial charge in [0.15, 0.2) is 0 Å². The molecule has 2 aliphatic carbocycles. The highest BCUT2D eigenvalue weighted by Gasteiger charge is 2.26.